The van der Waals surface area contributed by atoms with Crippen molar-refractivity contribution in [3.05, 3.63) is 93.8 Å². The van der Waals surface area contributed by atoms with Crippen molar-refractivity contribution in [3.63, 3.8) is 0 Å². The van der Waals surface area contributed by atoms with Crippen LogP contribution in [0.25, 0.3) is 6.08 Å². The summed E-state index contributed by atoms with van der Waals surface area (Å²) in [6.45, 7) is 9.40. The second-order valence-corrected chi connectivity index (χ2v) is 7.21. The van der Waals surface area contributed by atoms with Gasteiger partial charge >= 0.3 is 0 Å². The summed E-state index contributed by atoms with van der Waals surface area (Å²) in [7, 11) is 0. The molecule has 0 fully saturated rings. The van der Waals surface area contributed by atoms with Crippen LogP contribution in [0.5, 0.6) is 0 Å². The number of hydrogen-bond acceptors (Lipinski definition) is 2. The molecule has 1 heterocycles. The van der Waals surface area contributed by atoms with Crippen LogP contribution in [0.3, 0.4) is 0 Å². The van der Waals surface area contributed by atoms with Gasteiger partial charge in [0.05, 0.1) is 12.2 Å². The van der Waals surface area contributed by atoms with Gasteiger partial charge in [0.25, 0.3) is 0 Å². The number of carbonyl (C=O) groups is 1. The van der Waals surface area contributed by atoms with Gasteiger partial charge in [-0.05, 0) is 50.5 Å². The van der Waals surface area contributed by atoms with Gasteiger partial charge in [0.2, 0.25) is 5.91 Å². The minimum atomic E-state index is -0.103. The minimum absolute atomic E-state index is 0.103. The highest BCUT2D eigenvalue weighted by molar-refractivity contribution is 5.92. The third-order valence-corrected chi connectivity index (χ3v) is 5.01. The van der Waals surface area contributed by atoms with E-state index in [0.29, 0.717) is 6.54 Å². The molecule has 1 aromatic heterocycles. The van der Waals surface area contributed by atoms with Gasteiger partial charge in [-0.2, -0.15) is 5.10 Å². The highest BCUT2D eigenvalue weighted by Gasteiger charge is 2.10. The average Bonchev–Trinajstić information content (AvgIpc) is 2.94. The number of nitrogens with zero attached hydrogens (tertiary/aromatic N) is 2. The van der Waals surface area contributed by atoms with Gasteiger partial charge in [-0.3, -0.25) is 9.48 Å². The number of rotatable bonds is 6. The second kappa shape index (κ2) is 8.70. The molecule has 0 bridgehead atoms. The SMILES string of the molecule is Cc1ccc(Cn2nc(C)c(/C=C/C(=O)NCc3ccccc3C)c2C)cc1. The van der Waals surface area contributed by atoms with Gasteiger partial charge in [-0.1, -0.05) is 54.1 Å². The van der Waals surface area contributed by atoms with E-state index in [9.17, 15) is 4.79 Å². The molecule has 0 spiro atoms. The monoisotopic (exact) mass is 373 g/mol. The average molecular weight is 374 g/mol. The molecule has 4 nitrogen and oxygen atoms in total. The molecule has 4 heteroatoms. The summed E-state index contributed by atoms with van der Waals surface area (Å²) >= 11 is 0. The summed E-state index contributed by atoms with van der Waals surface area (Å²) in [5.74, 6) is -0.103. The molecule has 0 aliphatic rings. The molecule has 0 aliphatic heterocycles. The van der Waals surface area contributed by atoms with Gasteiger partial charge in [0.15, 0.2) is 0 Å². The molecule has 0 atom stereocenters. The van der Waals surface area contributed by atoms with Crippen molar-refractivity contribution in [2.24, 2.45) is 0 Å². The summed E-state index contributed by atoms with van der Waals surface area (Å²) in [5, 5.41) is 7.59. The zero-order valence-electron chi connectivity index (χ0n) is 17.0. The highest BCUT2D eigenvalue weighted by Crippen LogP contribution is 2.17. The van der Waals surface area contributed by atoms with Crippen LogP contribution >= 0.6 is 0 Å². The third-order valence-electron chi connectivity index (χ3n) is 5.01. The molecule has 0 saturated heterocycles. The van der Waals surface area contributed by atoms with Gasteiger partial charge in [0, 0.05) is 23.9 Å². The maximum atomic E-state index is 12.2. The Bertz CT molecular complexity index is 997. The normalized spacial score (nSPS) is 11.1. The largest absolute Gasteiger partial charge is 0.348 e. The van der Waals surface area contributed by atoms with Crippen LogP contribution in [0.15, 0.2) is 54.6 Å². The Kier molecular flexibility index (Phi) is 6.09. The standard InChI is InChI=1S/C24H27N3O/c1-17-9-11-21(12-10-17)16-27-20(4)23(19(3)26-27)13-14-24(28)25-15-22-8-6-5-7-18(22)2/h5-14H,15-16H2,1-4H3,(H,25,28)/b14-13+. The van der Waals surface area contributed by atoms with E-state index in [2.05, 4.69) is 41.6 Å². The van der Waals surface area contributed by atoms with Crippen LogP contribution in [-0.4, -0.2) is 15.7 Å². The molecule has 1 N–H and O–H groups in total. The minimum Gasteiger partial charge on any atom is -0.348 e. The number of hydrogen-bond donors (Lipinski definition) is 1. The summed E-state index contributed by atoms with van der Waals surface area (Å²) in [6.07, 6.45) is 3.45. The van der Waals surface area contributed by atoms with E-state index in [0.717, 1.165) is 29.1 Å². The van der Waals surface area contributed by atoms with Crippen molar-refractivity contribution < 1.29 is 4.79 Å². The molecule has 28 heavy (non-hydrogen) atoms. The molecular formula is C24H27N3O. The fraction of sp³-hybridized carbons (Fsp3) is 0.250. The van der Waals surface area contributed by atoms with Crippen molar-refractivity contribution in [3.8, 4) is 0 Å². The van der Waals surface area contributed by atoms with E-state index in [1.807, 2.05) is 55.8 Å². The van der Waals surface area contributed by atoms with Crippen molar-refractivity contribution in [2.75, 3.05) is 0 Å². The van der Waals surface area contributed by atoms with E-state index in [-0.39, 0.29) is 5.91 Å². The van der Waals surface area contributed by atoms with Crippen LogP contribution in [0.4, 0.5) is 0 Å². The number of aromatic nitrogens is 2. The molecule has 0 radical (unpaired) electrons. The van der Waals surface area contributed by atoms with Crippen LogP contribution in [-0.2, 0) is 17.9 Å². The lowest BCUT2D eigenvalue weighted by Gasteiger charge is -2.06. The topological polar surface area (TPSA) is 46.9 Å². The summed E-state index contributed by atoms with van der Waals surface area (Å²) in [6, 6.07) is 16.5. The zero-order valence-corrected chi connectivity index (χ0v) is 17.0. The number of nitrogens with one attached hydrogen (secondary N) is 1. The van der Waals surface area contributed by atoms with Gasteiger partial charge in [0.1, 0.15) is 0 Å². The lowest BCUT2D eigenvalue weighted by molar-refractivity contribution is -0.116. The smallest absolute Gasteiger partial charge is 0.244 e. The molecular weight excluding hydrogens is 346 g/mol. The molecule has 0 aliphatic carbocycles. The molecule has 1 amide bonds. The first-order valence-electron chi connectivity index (χ1n) is 9.54. The van der Waals surface area contributed by atoms with Crippen molar-refractivity contribution in [2.45, 2.75) is 40.8 Å². The second-order valence-electron chi connectivity index (χ2n) is 7.21. The Morgan fingerprint density at radius 2 is 1.75 bits per heavy atom. The molecule has 0 unspecified atom stereocenters. The first kappa shape index (κ1) is 19.6. The summed E-state index contributed by atoms with van der Waals surface area (Å²) < 4.78 is 1.99. The zero-order chi connectivity index (χ0) is 20.1. The maximum absolute atomic E-state index is 12.2. The number of carbonyl (C=O) groups excluding carboxylic acids is 1. The first-order valence-corrected chi connectivity index (χ1v) is 9.54. The van der Waals surface area contributed by atoms with Gasteiger partial charge in [-0.15, -0.1) is 0 Å². The number of aryl methyl sites for hydroxylation is 3. The lowest BCUT2D eigenvalue weighted by atomic mass is 10.1. The van der Waals surface area contributed by atoms with Crippen LogP contribution < -0.4 is 5.32 Å². The van der Waals surface area contributed by atoms with E-state index in [4.69, 9.17) is 0 Å². The van der Waals surface area contributed by atoms with Crippen molar-refractivity contribution in [1.82, 2.24) is 15.1 Å². The van der Waals surface area contributed by atoms with Gasteiger partial charge < -0.3 is 5.32 Å². The summed E-state index contributed by atoms with van der Waals surface area (Å²) in [5.41, 5.74) is 7.74. The molecule has 144 valence electrons. The molecule has 0 saturated carbocycles. The fourth-order valence-corrected chi connectivity index (χ4v) is 3.18. The molecule has 2 aromatic carbocycles. The predicted octanol–water partition coefficient (Wildman–Crippen LogP) is 4.49. The van der Waals surface area contributed by atoms with E-state index >= 15 is 0 Å². The fourth-order valence-electron chi connectivity index (χ4n) is 3.18. The number of benzene rings is 2. The highest BCUT2D eigenvalue weighted by atomic mass is 16.1. The Morgan fingerprint density at radius 3 is 2.46 bits per heavy atom. The van der Waals surface area contributed by atoms with E-state index in [1.54, 1.807) is 6.08 Å². The van der Waals surface area contributed by atoms with E-state index < -0.39 is 0 Å². The van der Waals surface area contributed by atoms with E-state index in [1.165, 1.54) is 16.7 Å². The lowest BCUT2D eigenvalue weighted by Crippen LogP contribution is -2.20. The van der Waals surface area contributed by atoms with Crippen molar-refractivity contribution >= 4 is 12.0 Å². The predicted molar refractivity (Wildman–Crippen MR) is 114 cm³/mol. The Labute approximate surface area is 166 Å². The Morgan fingerprint density at radius 1 is 1.04 bits per heavy atom. The Balaban J connectivity index is 1.66. The van der Waals surface area contributed by atoms with Crippen molar-refractivity contribution in [1.29, 1.82) is 0 Å². The van der Waals surface area contributed by atoms with Crippen LogP contribution in [0, 0.1) is 27.7 Å². The van der Waals surface area contributed by atoms with Crippen LogP contribution in [0.1, 0.15) is 39.2 Å². The Hall–Kier alpha value is -3.14. The maximum Gasteiger partial charge on any atom is 0.244 e. The first-order chi connectivity index (χ1) is 13.4. The quantitative estimate of drug-likeness (QED) is 0.647. The van der Waals surface area contributed by atoms with Crippen LogP contribution in [0.2, 0.25) is 0 Å². The third kappa shape index (κ3) is 4.77. The molecule has 3 rings (SSSR count). The summed E-state index contributed by atoms with van der Waals surface area (Å²) in [4.78, 5) is 12.2. The number of amides is 1. The van der Waals surface area contributed by atoms with Gasteiger partial charge in [-0.25, -0.2) is 0 Å². The molecule has 3 aromatic rings.